The van der Waals surface area contributed by atoms with Crippen molar-refractivity contribution in [2.24, 2.45) is 0 Å². The number of hydrogen-bond donors (Lipinski definition) is 0. The Morgan fingerprint density at radius 1 is 0.848 bits per heavy atom. The van der Waals surface area contributed by atoms with Crippen molar-refractivity contribution >= 4 is 35.0 Å². The van der Waals surface area contributed by atoms with Crippen molar-refractivity contribution < 1.29 is 19.1 Å². The van der Waals surface area contributed by atoms with E-state index in [0.29, 0.717) is 34.2 Å². The van der Waals surface area contributed by atoms with Crippen LogP contribution in [0.4, 0.5) is 5.69 Å². The van der Waals surface area contributed by atoms with Gasteiger partial charge in [0, 0.05) is 10.7 Å². The zero-order chi connectivity index (χ0) is 23.3. The van der Waals surface area contributed by atoms with Gasteiger partial charge in [0.05, 0.1) is 23.8 Å². The minimum absolute atomic E-state index is 0.311. The summed E-state index contributed by atoms with van der Waals surface area (Å²) in [6.07, 6.45) is 0. The monoisotopic (exact) mass is 460 g/mol. The molecule has 0 saturated carbocycles. The number of nitrogens with zero attached hydrogens (tertiary/aromatic N) is 2. The van der Waals surface area contributed by atoms with Gasteiger partial charge in [-0.25, -0.2) is 0 Å². The van der Waals surface area contributed by atoms with E-state index in [1.165, 1.54) is 0 Å². The van der Waals surface area contributed by atoms with Crippen LogP contribution in [0, 0.1) is 6.92 Å². The lowest BCUT2D eigenvalue weighted by molar-refractivity contribution is -0.130. The van der Waals surface area contributed by atoms with E-state index in [1.54, 1.807) is 47.4 Å². The Bertz CT molecular complexity index is 1250. The number of halogens is 1. The number of hydrogen-bond acceptors (Lipinski definition) is 4. The van der Waals surface area contributed by atoms with Crippen molar-refractivity contribution in [3.8, 4) is 5.75 Å². The van der Waals surface area contributed by atoms with Crippen molar-refractivity contribution in [3.05, 3.63) is 94.0 Å². The second-order valence-electron chi connectivity index (χ2n) is 8.06. The number of rotatable bonds is 5. The van der Waals surface area contributed by atoms with E-state index >= 15 is 0 Å². The quantitative estimate of drug-likeness (QED) is 0.405. The summed E-state index contributed by atoms with van der Waals surface area (Å²) >= 11 is 6.13. The van der Waals surface area contributed by atoms with Crippen LogP contribution in [-0.4, -0.2) is 35.3 Å². The molecule has 166 valence electrons. The standard InChI is InChI=1S/C26H21ClN2O4/c1-3-33-18-11-8-16(9-12-18)22-23(26(32)28(22)21-13-10-17(27)14-15(21)2)29-24(30)19-6-4-5-7-20(19)25(29)31/h4-14,22-23H,3H2,1-2H3/t22-,23+/m1/s1. The van der Waals surface area contributed by atoms with Crippen LogP contribution < -0.4 is 9.64 Å². The first-order chi connectivity index (χ1) is 15.9. The third-order valence-corrected chi connectivity index (χ3v) is 6.36. The lowest BCUT2D eigenvalue weighted by Gasteiger charge is -2.50. The second kappa shape index (κ2) is 8.05. The molecule has 0 spiro atoms. The number of β-lactam (4-membered cyclic amide) rings is 1. The van der Waals surface area contributed by atoms with E-state index in [4.69, 9.17) is 16.3 Å². The molecular weight excluding hydrogens is 440 g/mol. The smallest absolute Gasteiger partial charge is 0.262 e. The number of amides is 3. The molecule has 5 rings (SSSR count). The maximum atomic E-state index is 13.5. The molecular formula is C26H21ClN2O4. The summed E-state index contributed by atoms with van der Waals surface area (Å²) in [5.74, 6) is -0.498. The topological polar surface area (TPSA) is 66.9 Å². The van der Waals surface area contributed by atoms with E-state index in [2.05, 4.69) is 0 Å². The molecule has 0 aromatic heterocycles. The first-order valence-corrected chi connectivity index (χ1v) is 11.1. The molecule has 0 aliphatic carbocycles. The number of ether oxygens (including phenoxy) is 1. The summed E-state index contributed by atoms with van der Waals surface area (Å²) in [5.41, 5.74) is 2.96. The van der Waals surface area contributed by atoms with Crippen molar-refractivity contribution in [1.29, 1.82) is 0 Å². The lowest BCUT2D eigenvalue weighted by atomic mass is 9.85. The first kappa shape index (κ1) is 21.2. The Kier molecular flexibility index (Phi) is 5.17. The van der Waals surface area contributed by atoms with Crippen LogP contribution in [0.25, 0.3) is 0 Å². The molecule has 0 radical (unpaired) electrons. The Balaban J connectivity index is 1.58. The Labute approximate surface area is 196 Å². The second-order valence-corrected chi connectivity index (χ2v) is 8.49. The molecule has 1 fully saturated rings. The molecule has 2 aliphatic heterocycles. The maximum Gasteiger partial charge on any atom is 0.262 e. The normalized spacial score (nSPS) is 19.5. The van der Waals surface area contributed by atoms with Gasteiger partial charge in [-0.2, -0.15) is 0 Å². The Morgan fingerprint density at radius 2 is 1.48 bits per heavy atom. The van der Waals surface area contributed by atoms with Crippen LogP contribution >= 0.6 is 11.6 Å². The molecule has 0 bridgehead atoms. The minimum atomic E-state index is -0.939. The highest BCUT2D eigenvalue weighted by atomic mass is 35.5. The predicted molar refractivity (Wildman–Crippen MR) is 125 cm³/mol. The van der Waals surface area contributed by atoms with E-state index in [9.17, 15) is 14.4 Å². The number of imide groups is 1. The number of fused-ring (bicyclic) bond motifs is 1. The van der Waals surface area contributed by atoms with E-state index in [1.807, 2.05) is 38.1 Å². The van der Waals surface area contributed by atoms with Crippen LogP contribution in [0.5, 0.6) is 5.75 Å². The fourth-order valence-electron chi connectivity index (χ4n) is 4.60. The fraction of sp³-hybridized carbons (Fsp3) is 0.192. The van der Waals surface area contributed by atoms with Gasteiger partial charge in [-0.1, -0.05) is 35.9 Å². The summed E-state index contributed by atoms with van der Waals surface area (Å²) in [6, 6.07) is 17.9. The summed E-state index contributed by atoms with van der Waals surface area (Å²) < 4.78 is 5.55. The van der Waals surface area contributed by atoms with Gasteiger partial charge in [0.2, 0.25) is 0 Å². The molecule has 2 aliphatic rings. The number of anilines is 1. The summed E-state index contributed by atoms with van der Waals surface area (Å²) in [5, 5.41) is 0.568. The van der Waals surface area contributed by atoms with Crippen LogP contribution in [0.1, 0.15) is 44.8 Å². The van der Waals surface area contributed by atoms with Crippen molar-refractivity contribution in [2.75, 3.05) is 11.5 Å². The number of benzene rings is 3. The largest absolute Gasteiger partial charge is 0.494 e. The van der Waals surface area contributed by atoms with Gasteiger partial charge < -0.3 is 9.64 Å². The van der Waals surface area contributed by atoms with Gasteiger partial charge in [-0.05, 0) is 67.4 Å². The molecule has 2 heterocycles. The summed E-state index contributed by atoms with van der Waals surface area (Å²) in [6.45, 7) is 4.32. The average Bonchev–Trinajstić information content (AvgIpc) is 3.05. The van der Waals surface area contributed by atoms with Gasteiger partial charge in [-0.15, -0.1) is 0 Å². The van der Waals surface area contributed by atoms with Gasteiger partial charge >= 0.3 is 0 Å². The van der Waals surface area contributed by atoms with Crippen LogP contribution in [0.3, 0.4) is 0 Å². The zero-order valence-electron chi connectivity index (χ0n) is 18.1. The highest BCUT2D eigenvalue weighted by Gasteiger charge is 2.57. The molecule has 33 heavy (non-hydrogen) atoms. The highest BCUT2D eigenvalue weighted by molar-refractivity contribution is 6.30. The Hall–Kier alpha value is -3.64. The zero-order valence-corrected chi connectivity index (χ0v) is 18.9. The van der Waals surface area contributed by atoms with Crippen molar-refractivity contribution in [3.63, 3.8) is 0 Å². The van der Waals surface area contributed by atoms with Crippen molar-refractivity contribution in [2.45, 2.75) is 25.9 Å². The number of carbonyl (C=O) groups excluding carboxylic acids is 3. The van der Waals surface area contributed by atoms with Crippen LogP contribution in [0.15, 0.2) is 66.7 Å². The summed E-state index contributed by atoms with van der Waals surface area (Å²) in [7, 11) is 0. The van der Waals surface area contributed by atoms with Gasteiger partial charge in [0.15, 0.2) is 0 Å². The fourth-order valence-corrected chi connectivity index (χ4v) is 4.83. The van der Waals surface area contributed by atoms with Gasteiger partial charge in [0.25, 0.3) is 17.7 Å². The first-order valence-electron chi connectivity index (χ1n) is 10.7. The molecule has 3 amide bonds. The van der Waals surface area contributed by atoms with E-state index in [-0.39, 0.29) is 5.91 Å². The molecule has 0 unspecified atom stereocenters. The summed E-state index contributed by atoms with van der Waals surface area (Å²) in [4.78, 5) is 42.6. The van der Waals surface area contributed by atoms with Crippen LogP contribution in [-0.2, 0) is 4.79 Å². The maximum absolute atomic E-state index is 13.5. The highest BCUT2D eigenvalue weighted by Crippen LogP contribution is 2.45. The minimum Gasteiger partial charge on any atom is -0.494 e. The van der Waals surface area contributed by atoms with Gasteiger partial charge in [0.1, 0.15) is 11.8 Å². The van der Waals surface area contributed by atoms with Crippen LogP contribution in [0.2, 0.25) is 5.02 Å². The molecule has 3 aromatic carbocycles. The lowest BCUT2D eigenvalue weighted by Crippen LogP contribution is -2.67. The molecule has 1 saturated heterocycles. The van der Waals surface area contributed by atoms with Gasteiger partial charge in [-0.3, -0.25) is 19.3 Å². The molecule has 3 aromatic rings. The van der Waals surface area contributed by atoms with E-state index < -0.39 is 23.9 Å². The third-order valence-electron chi connectivity index (χ3n) is 6.12. The average molecular weight is 461 g/mol. The third kappa shape index (κ3) is 3.29. The predicted octanol–water partition coefficient (Wildman–Crippen LogP) is 4.80. The molecule has 0 N–H and O–H groups in total. The van der Waals surface area contributed by atoms with Crippen molar-refractivity contribution in [1.82, 2.24) is 4.90 Å². The molecule has 7 heteroatoms. The molecule has 2 atom stereocenters. The SMILES string of the molecule is CCOc1ccc([C@@H]2[C@H](N3C(=O)c4ccccc4C3=O)C(=O)N2c2ccc(Cl)cc2C)cc1. The number of aryl methyl sites for hydroxylation is 1. The van der Waals surface area contributed by atoms with E-state index in [0.717, 1.165) is 16.0 Å². The molecule has 6 nitrogen and oxygen atoms in total. The number of carbonyl (C=O) groups is 3. The Morgan fingerprint density at radius 3 is 2.06 bits per heavy atom.